The Labute approximate surface area is 194 Å². The van der Waals surface area contributed by atoms with Gasteiger partial charge in [-0.05, 0) is 61.5 Å². The fourth-order valence-electron chi connectivity index (χ4n) is 3.11. The van der Waals surface area contributed by atoms with Crippen LogP contribution < -0.4 is 15.4 Å². The van der Waals surface area contributed by atoms with Gasteiger partial charge >= 0.3 is 0 Å². The van der Waals surface area contributed by atoms with Gasteiger partial charge in [-0.2, -0.15) is 9.61 Å². The molecule has 0 spiro atoms. The minimum Gasteiger partial charge on any atom is -0.483 e. The van der Waals surface area contributed by atoms with Gasteiger partial charge in [-0.3, -0.25) is 10.1 Å². The summed E-state index contributed by atoms with van der Waals surface area (Å²) in [5, 5.41) is 19.7. The number of hydrogen-bond donors (Lipinski definition) is 2. The van der Waals surface area contributed by atoms with Crippen molar-refractivity contribution in [3.8, 4) is 16.3 Å². The van der Waals surface area contributed by atoms with E-state index in [4.69, 9.17) is 17.0 Å². The molecule has 32 heavy (non-hydrogen) atoms. The molecule has 2 N–H and O–H groups in total. The van der Waals surface area contributed by atoms with Gasteiger partial charge < -0.3 is 10.1 Å². The lowest BCUT2D eigenvalue weighted by Gasteiger charge is -2.13. The molecule has 2 aromatic heterocycles. The number of hydrogen-bond acceptors (Lipinski definition) is 7. The number of carbonyl (C=O) groups excluding carboxylic acids is 1. The Hall–Kier alpha value is -3.37. The first-order valence-corrected chi connectivity index (χ1v) is 11.3. The molecule has 0 aliphatic heterocycles. The summed E-state index contributed by atoms with van der Waals surface area (Å²) in [5.41, 5.74) is 3.72. The number of aromatic nitrogens is 4. The lowest BCUT2D eigenvalue weighted by molar-refractivity contribution is -0.121. The van der Waals surface area contributed by atoms with Gasteiger partial charge in [0.1, 0.15) is 10.8 Å². The van der Waals surface area contributed by atoms with Crippen LogP contribution in [0.3, 0.4) is 0 Å². The van der Waals surface area contributed by atoms with Gasteiger partial charge in [-0.25, -0.2) is 0 Å². The van der Waals surface area contributed by atoms with Crippen LogP contribution in [0.4, 0.5) is 5.69 Å². The summed E-state index contributed by atoms with van der Waals surface area (Å²) in [5.74, 6) is 1.18. The lowest BCUT2D eigenvalue weighted by atomic mass is 10.1. The molecule has 8 nitrogen and oxygen atoms in total. The van der Waals surface area contributed by atoms with E-state index in [2.05, 4.69) is 25.9 Å². The van der Waals surface area contributed by atoms with Crippen molar-refractivity contribution in [1.82, 2.24) is 25.1 Å². The van der Waals surface area contributed by atoms with E-state index in [1.807, 2.05) is 63.2 Å². The number of thiocarbonyl (C=S) groups is 1. The molecule has 0 atom stereocenters. The molecule has 0 aliphatic carbocycles. The highest BCUT2D eigenvalue weighted by molar-refractivity contribution is 7.80. The van der Waals surface area contributed by atoms with Crippen LogP contribution in [0.25, 0.3) is 15.5 Å². The van der Waals surface area contributed by atoms with Gasteiger partial charge in [-0.1, -0.05) is 36.5 Å². The van der Waals surface area contributed by atoms with Gasteiger partial charge in [0.05, 0.1) is 0 Å². The zero-order valence-corrected chi connectivity index (χ0v) is 19.5. The second-order valence-electron chi connectivity index (χ2n) is 7.16. The Balaban J connectivity index is 1.37. The molecule has 0 saturated heterocycles. The first-order valence-electron chi connectivity index (χ1n) is 10.1. The fourth-order valence-corrected chi connectivity index (χ4v) is 4.19. The number of amides is 1. The molecule has 0 radical (unpaired) electrons. The number of para-hydroxylation sites is 1. The van der Waals surface area contributed by atoms with E-state index in [9.17, 15) is 4.79 Å². The summed E-state index contributed by atoms with van der Waals surface area (Å²) in [4.78, 5) is 13.0. The van der Waals surface area contributed by atoms with Crippen LogP contribution >= 0.6 is 23.6 Å². The van der Waals surface area contributed by atoms with Crippen molar-refractivity contribution in [2.24, 2.45) is 0 Å². The molecular formula is C22H22N6O2S2. The maximum atomic E-state index is 12.2. The molecule has 10 heteroatoms. The topological polar surface area (TPSA) is 93.4 Å². The molecule has 4 aromatic rings. The Morgan fingerprint density at radius 1 is 1.16 bits per heavy atom. The van der Waals surface area contributed by atoms with Crippen molar-refractivity contribution < 1.29 is 9.53 Å². The number of nitrogens with zero attached hydrogens (tertiary/aromatic N) is 4. The van der Waals surface area contributed by atoms with Crippen molar-refractivity contribution in [2.45, 2.75) is 27.2 Å². The summed E-state index contributed by atoms with van der Waals surface area (Å²) < 4.78 is 7.34. The van der Waals surface area contributed by atoms with Gasteiger partial charge in [0.25, 0.3) is 5.91 Å². The van der Waals surface area contributed by atoms with Crippen molar-refractivity contribution in [1.29, 1.82) is 0 Å². The Bertz CT molecular complexity index is 1300. The van der Waals surface area contributed by atoms with Crippen LogP contribution in [0.15, 0.2) is 42.5 Å². The summed E-state index contributed by atoms with van der Waals surface area (Å²) >= 11 is 6.78. The van der Waals surface area contributed by atoms with E-state index in [0.29, 0.717) is 5.75 Å². The van der Waals surface area contributed by atoms with E-state index in [-0.39, 0.29) is 17.6 Å². The average Bonchev–Trinajstić information content (AvgIpc) is 3.35. The molecule has 0 fully saturated rings. The van der Waals surface area contributed by atoms with E-state index >= 15 is 0 Å². The number of rotatable bonds is 6. The number of carbonyl (C=O) groups is 1. The van der Waals surface area contributed by atoms with Crippen LogP contribution in [0.1, 0.15) is 23.9 Å². The van der Waals surface area contributed by atoms with Crippen molar-refractivity contribution >= 4 is 45.2 Å². The second kappa shape index (κ2) is 9.41. The highest BCUT2D eigenvalue weighted by Gasteiger charge is 2.13. The monoisotopic (exact) mass is 466 g/mol. The quantitative estimate of drug-likeness (QED) is 0.416. The summed E-state index contributed by atoms with van der Waals surface area (Å²) in [6.45, 7) is 5.80. The molecule has 4 rings (SSSR count). The van der Waals surface area contributed by atoms with Crippen LogP contribution in [0, 0.1) is 13.8 Å². The number of aryl methyl sites for hydroxylation is 3. The highest BCUT2D eigenvalue weighted by atomic mass is 32.1. The summed E-state index contributed by atoms with van der Waals surface area (Å²) in [7, 11) is 0. The molecule has 2 aromatic carbocycles. The third-order valence-corrected chi connectivity index (χ3v) is 5.95. The average molecular weight is 467 g/mol. The third-order valence-electron chi connectivity index (χ3n) is 4.80. The van der Waals surface area contributed by atoms with Crippen LogP contribution in [0.5, 0.6) is 5.75 Å². The molecule has 1 amide bonds. The van der Waals surface area contributed by atoms with E-state index in [0.717, 1.165) is 44.6 Å². The first kappa shape index (κ1) is 21.8. The molecule has 0 bridgehead atoms. The summed E-state index contributed by atoms with van der Waals surface area (Å²) in [6.07, 6.45) is 0.769. The van der Waals surface area contributed by atoms with Crippen LogP contribution in [-0.4, -0.2) is 37.4 Å². The zero-order chi connectivity index (χ0) is 22.7. The zero-order valence-electron chi connectivity index (χ0n) is 17.9. The standard InChI is InChI=1S/C22H22N6O2S2/c1-4-18-25-26-22-28(18)27-20(32-22)15-9-10-16(14(3)11-15)23-21(31)24-19(29)12-30-17-8-6-5-7-13(17)2/h5-11H,4,12H2,1-3H3,(H2,23,24,29,31). The molecule has 2 heterocycles. The Morgan fingerprint density at radius 3 is 2.72 bits per heavy atom. The number of anilines is 1. The maximum absolute atomic E-state index is 12.2. The smallest absolute Gasteiger partial charge is 0.264 e. The number of ether oxygens (including phenoxy) is 1. The fraction of sp³-hybridized carbons (Fsp3) is 0.227. The van der Waals surface area contributed by atoms with E-state index < -0.39 is 0 Å². The SMILES string of the molecule is CCc1nnc2sc(-c3ccc(NC(=S)NC(=O)COc4ccccc4C)c(C)c3)nn12. The molecule has 164 valence electrons. The number of benzene rings is 2. The van der Waals surface area contributed by atoms with Crippen LogP contribution in [0.2, 0.25) is 0 Å². The number of fused-ring (bicyclic) bond motifs is 1. The van der Waals surface area contributed by atoms with Gasteiger partial charge in [0, 0.05) is 17.7 Å². The summed E-state index contributed by atoms with van der Waals surface area (Å²) in [6, 6.07) is 13.4. The predicted octanol–water partition coefficient (Wildman–Crippen LogP) is 3.92. The minimum absolute atomic E-state index is 0.120. The largest absolute Gasteiger partial charge is 0.483 e. The molecule has 0 aliphatic rings. The first-order chi connectivity index (χ1) is 15.4. The van der Waals surface area contributed by atoms with Crippen molar-refractivity contribution in [3.63, 3.8) is 0 Å². The Morgan fingerprint density at radius 2 is 1.97 bits per heavy atom. The van der Waals surface area contributed by atoms with Crippen LogP contribution in [-0.2, 0) is 11.2 Å². The van der Waals surface area contributed by atoms with E-state index in [1.165, 1.54) is 11.3 Å². The second-order valence-corrected chi connectivity index (χ2v) is 8.52. The van der Waals surface area contributed by atoms with Gasteiger partial charge in [0.2, 0.25) is 4.96 Å². The van der Waals surface area contributed by atoms with Gasteiger partial charge in [0.15, 0.2) is 17.5 Å². The minimum atomic E-state index is -0.327. The van der Waals surface area contributed by atoms with Gasteiger partial charge in [-0.15, -0.1) is 10.2 Å². The molecule has 0 saturated carbocycles. The lowest BCUT2D eigenvalue weighted by Crippen LogP contribution is -2.37. The highest BCUT2D eigenvalue weighted by Crippen LogP contribution is 2.28. The normalized spacial score (nSPS) is 10.8. The van der Waals surface area contributed by atoms with Crippen molar-refractivity contribution in [3.05, 3.63) is 59.4 Å². The predicted molar refractivity (Wildman–Crippen MR) is 129 cm³/mol. The number of nitrogens with one attached hydrogen (secondary N) is 2. The Kier molecular flexibility index (Phi) is 6.42. The van der Waals surface area contributed by atoms with E-state index in [1.54, 1.807) is 4.52 Å². The van der Waals surface area contributed by atoms with Crippen molar-refractivity contribution in [2.75, 3.05) is 11.9 Å². The molecular weight excluding hydrogens is 444 g/mol. The maximum Gasteiger partial charge on any atom is 0.264 e. The third kappa shape index (κ3) is 4.76. The molecule has 0 unspecified atom stereocenters.